The van der Waals surface area contributed by atoms with Gasteiger partial charge in [-0.25, -0.2) is 4.98 Å². The molecule has 1 amide bonds. The normalized spacial score (nSPS) is 19.9. The molecule has 1 aliphatic heterocycles. The molecule has 7 heteroatoms. The number of hydrogen-bond acceptors (Lipinski definition) is 4. The number of H-pyrrole nitrogens is 2. The number of nitrogens with zero attached hydrogens (tertiary/aromatic N) is 4. The zero-order valence-electron chi connectivity index (χ0n) is 17.5. The number of amides is 1. The van der Waals surface area contributed by atoms with Crippen molar-refractivity contribution >= 4 is 16.8 Å². The van der Waals surface area contributed by atoms with Crippen molar-refractivity contribution in [3.8, 4) is 0 Å². The van der Waals surface area contributed by atoms with Crippen molar-refractivity contribution < 1.29 is 4.79 Å². The summed E-state index contributed by atoms with van der Waals surface area (Å²) in [6, 6.07) is 8.56. The van der Waals surface area contributed by atoms with Crippen LogP contribution in [-0.4, -0.2) is 69.1 Å². The number of aryl methyl sites for hydroxylation is 2. The van der Waals surface area contributed by atoms with Crippen LogP contribution in [0.3, 0.4) is 0 Å². The Hall–Kier alpha value is -2.67. The highest BCUT2D eigenvalue weighted by Gasteiger charge is 2.35. The van der Waals surface area contributed by atoms with Gasteiger partial charge in [-0.2, -0.15) is 5.10 Å². The lowest BCUT2D eigenvalue weighted by molar-refractivity contribution is -0.133. The number of likely N-dealkylation sites (tertiary alicyclic amines) is 1. The van der Waals surface area contributed by atoms with Gasteiger partial charge in [0.05, 0.1) is 0 Å². The van der Waals surface area contributed by atoms with Gasteiger partial charge in [0.15, 0.2) is 5.82 Å². The molecule has 1 aliphatic rings. The van der Waals surface area contributed by atoms with E-state index in [-0.39, 0.29) is 17.9 Å². The number of likely N-dealkylation sites (N-methyl/N-ethyl adjacent to an activating group) is 1. The largest absolute Gasteiger partial charge is 0.361 e. The van der Waals surface area contributed by atoms with Gasteiger partial charge < -0.3 is 14.8 Å². The summed E-state index contributed by atoms with van der Waals surface area (Å²) in [6.07, 6.45) is 5.34. The Morgan fingerprint density at radius 1 is 1.31 bits per heavy atom. The Morgan fingerprint density at radius 3 is 2.90 bits per heavy atom. The first-order valence-electron chi connectivity index (χ1n) is 10.4. The minimum atomic E-state index is 0.233. The van der Waals surface area contributed by atoms with Gasteiger partial charge in [0.1, 0.15) is 5.82 Å². The van der Waals surface area contributed by atoms with Crippen LogP contribution in [0.5, 0.6) is 0 Å². The van der Waals surface area contributed by atoms with Gasteiger partial charge in [0, 0.05) is 48.6 Å². The minimum Gasteiger partial charge on any atom is -0.361 e. The maximum atomic E-state index is 12.9. The summed E-state index contributed by atoms with van der Waals surface area (Å²) >= 11 is 0. The molecule has 3 aromatic rings. The second-order valence-corrected chi connectivity index (χ2v) is 8.26. The zero-order chi connectivity index (χ0) is 20.4. The highest BCUT2D eigenvalue weighted by atomic mass is 16.2. The van der Waals surface area contributed by atoms with E-state index in [0.29, 0.717) is 6.42 Å². The van der Waals surface area contributed by atoms with E-state index < -0.39 is 0 Å². The highest BCUT2D eigenvalue weighted by molar-refractivity contribution is 5.83. The van der Waals surface area contributed by atoms with Crippen LogP contribution in [-0.2, 0) is 11.2 Å². The number of aromatic nitrogens is 4. The molecule has 0 radical (unpaired) electrons. The number of benzene rings is 1. The summed E-state index contributed by atoms with van der Waals surface area (Å²) in [5.74, 6) is 2.22. The molecule has 1 fully saturated rings. The van der Waals surface area contributed by atoms with Gasteiger partial charge in [-0.1, -0.05) is 18.2 Å². The molecule has 0 unspecified atom stereocenters. The van der Waals surface area contributed by atoms with Crippen LogP contribution < -0.4 is 0 Å². The number of rotatable bonds is 6. The van der Waals surface area contributed by atoms with Crippen molar-refractivity contribution in [2.45, 2.75) is 44.6 Å². The minimum absolute atomic E-state index is 0.233. The molecule has 0 aliphatic carbocycles. The summed E-state index contributed by atoms with van der Waals surface area (Å²) in [4.78, 5) is 24.9. The van der Waals surface area contributed by atoms with E-state index in [9.17, 15) is 4.79 Å². The maximum absolute atomic E-state index is 12.9. The molecule has 0 bridgehead atoms. The quantitative estimate of drug-likeness (QED) is 0.674. The Kier molecular flexibility index (Phi) is 5.67. The predicted octanol–water partition coefficient (Wildman–Crippen LogP) is 2.86. The van der Waals surface area contributed by atoms with Crippen LogP contribution in [0.1, 0.15) is 42.4 Å². The van der Waals surface area contributed by atoms with E-state index in [2.05, 4.69) is 63.6 Å². The predicted molar refractivity (Wildman–Crippen MR) is 114 cm³/mol. The summed E-state index contributed by atoms with van der Waals surface area (Å²) in [5, 5.41) is 8.59. The standard InChI is InChI=1S/C22H30N6O/c1-15-24-22(26-25-15)18-11-12-28(14-20(18)27(2)3)21(29)10-6-7-16-13-23-19-9-5-4-8-17(16)19/h4-5,8-9,13,18,20,23H,6-7,10-12,14H2,1-3H3,(H,24,25,26)/t18-,20+/m0/s1. The van der Waals surface area contributed by atoms with Crippen molar-refractivity contribution in [2.75, 3.05) is 27.2 Å². The molecule has 29 heavy (non-hydrogen) atoms. The topological polar surface area (TPSA) is 80.9 Å². The van der Waals surface area contributed by atoms with Gasteiger partial charge in [-0.3, -0.25) is 9.89 Å². The summed E-state index contributed by atoms with van der Waals surface area (Å²) in [5.41, 5.74) is 2.45. The molecule has 0 spiro atoms. The number of aromatic amines is 2. The van der Waals surface area contributed by atoms with Crippen molar-refractivity contribution in [1.29, 1.82) is 0 Å². The first-order chi connectivity index (χ1) is 14.0. The number of fused-ring (bicyclic) bond motifs is 1. The first kappa shape index (κ1) is 19.6. The lowest BCUT2D eigenvalue weighted by Gasteiger charge is -2.40. The summed E-state index contributed by atoms with van der Waals surface area (Å²) in [6.45, 7) is 3.43. The van der Waals surface area contributed by atoms with Crippen molar-refractivity contribution in [2.24, 2.45) is 0 Å². The third kappa shape index (κ3) is 4.19. The summed E-state index contributed by atoms with van der Waals surface area (Å²) < 4.78 is 0. The molecule has 2 atom stereocenters. The van der Waals surface area contributed by atoms with E-state index >= 15 is 0 Å². The van der Waals surface area contributed by atoms with E-state index in [0.717, 1.165) is 49.5 Å². The van der Waals surface area contributed by atoms with Crippen LogP contribution in [0, 0.1) is 6.92 Å². The van der Waals surface area contributed by atoms with Crippen LogP contribution in [0.15, 0.2) is 30.5 Å². The molecule has 154 valence electrons. The van der Waals surface area contributed by atoms with Crippen molar-refractivity contribution in [1.82, 2.24) is 30.0 Å². The smallest absolute Gasteiger partial charge is 0.222 e. The van der Waals surface area contributed by atoms with E-state index in [1.165, 1.54) is 10.9 Å². The molecule has 3 heterocycles. The number of piperidine rings is 1. The van der Waals surface area contributed by atoms with Crippen molar-refractivity contribution in [3.63, 3.8) is 0 Å². The Morgan fingerprint density at radius 2 is 2.14 bits per heavy atom. The molecule has 7 nitrogen and oxygen atoms in total. The van der Waals surface area contributed by atoms with Crippen LogP contribution in [0.2, 0.25) is 0 Å². The molecule has 4 rings (SSSR count). The fraction of sp³-hybridized carbons (Fsp3) is 0.500. The van der Waals surface area contributed by atoms with Crippen molar-refractivity contribution in [3.05, 3.63) is 47.7 Å². The number of hydrogen-bond donors (Lipinski definition) is 2. The van der Waals surface area contributed by atoms with Gasteiger partial charge in [0.25, 0.3) is 0 Å². The Balaban J connectivity index is 1.34. The lowest BCUT2D eigenvalue weighted by atomic mass is 9.89. The van der Waals surface area contributed by atoms with E-state index in [1.54, 1.807) is 0 Å². The van der Waals surface area contributed by atoms with Gasteiger partial charge in [-0.05, 0) is 51.9 Å². The van der Waals surface area contributed by atoms with Gasteiger partial charge in [-0.15, -0.1) is 0 Å². The zero-order valence-corrected chi connectivity index (χ0v) is 17.5. The average Bonchev–Trinajstić information content (AvgIpc) is 3.34. The van der Waals surface area contributed by atoms with E-state index in [1.807, 2.05) is 17.9 Å². The Bertz CT molecular complexity index is 975. The molecule has 1 saturated heterocycles. The van der Waals surface area contributed by atoms with E-state index in [4.69, 9.17) is 0 Å². The third-order valence-corrected chi connectivity index (χ3v) is 6.06. The molecular formula is C22H30N6O. The fourth-order valence-electron chi connectivity index (χ4n) is 4.43. The molecule has 1 aromatic carbocycles. The SMILES string of the molecule is Cc1nc([C@H]2CCN(C(=O)CCCc3c[nH]c4ccccc34)C[C@H]2N(C)C)n[nH]1. The highest BCUT2D eigenvalue weighted by Crippen LogP contribution is 2.29. The third-order valence-electron chi connectivity index (χ3n) is 6.06. The monoisotopic (exact) mass is 394 g/mol. The molecule has 2 N–H and O–H groups in total. The molecular weight excluding hydrogens is 364 g/mol. The number of carbonyl (C=O) groups is 1. The average molecular weight is 395 g/mol. The van der Waals surface area contributed by atoms with Crippen LogP contribution in [0.25, 0.3) is 10.9 Å². The number of nitrogens with one attached hydrogen (secondary N) is 2. The van der Waals surface area contributed by atoms with Crippen LogP contribution in [0.4, 0.5) is 0 Å². The second kappa shape index (κ2) is 8.37. The fourth-order valence-corrected chi connectivity index (χ4v) is 4.43. The molecule has 2 aromatic heterocycles. The Labute approximate surface area is 171 Å². The molecule has 0 saturated carbocycles. The second-order valence-electron chi connectivity index (χ2n) is 8.26. The first-order valence-corrected chi connectivity index (χ1v) is 10.4. The van der Waals surface area contributed by atoms with Gasteiger partial charge in [0.2, 0.25) is 5.91 Å². The summed E-state index contributed by atoms with van der Waals surface area (Å²) in [7, 11) is 4.14. The number of para-hydroxylation sites is 1. The maximum Gasteiger partial charge on any atom is 0.222 e. The number of carbonyl (C=O) groups excluding carboxylic acids is 1. The van der Waals surface area contributed by atoms with Crippen LogP contribution >= 0.6 is 0 Å². The van der Waals surface area contributed by atoms with Gasteiger partial charge >= 0.3 is 0 Å². The lowest BCUT2D eigenvalue weighted by Crippen LogP contribution is -2.51.